The molecule has 0 aromatic carbocycles. The number of aryl methyl sites for hydroxylation is 1. The average molecular weight is 233 g/mol. The van der Waals surface area contributed by atoms with Crippen LogP contribution in [-0.4, -0.2) is 25.6 Å². The van der Waals surface area contributed by atoms with Gasteiger partial charge in [-0.1, -0.05) is 0 Å². The molecule has 2 rings (SSSR count). The van der Waals surface area contributed by atoms with E-state index >= 15 is 0 Å². The zero-order chi connectivity index (χ0) is 12.4. The number of nitrogens with one attached hydrogen (secondary N) is 1. The molecule has 0 amide bonds. The molecule has 0 aliphatic carbocycles. The van der Waals surface area contributed by atoms with E-state index in [0.29, 0.717) is 6.42 Å². The van der Waals surface area contributed by atoms with Gasteiger partial charge in [0.1, 0.15) is 5.82 Å². The third kappa shape index (κ3) is 2.22. The van der Waals surface area contributed by atoms with Gasteiger partial charge < -0.3 is 14.7 Å². The van der Waals surface area contributed by atoms with Crippen molar-refractivity contribution in [2.75, 3.05) is 0 Å². The van der Waals surface area contributed by atoms with E-state index in [0.717, 1.165) is 22.8 Å². The van der Waals surface area contributed by atoms with Crippen LogP contribution in [0.4, 0.5) is 0 Å². The summed E-state index contributed by atoms with van der Waals surface area (Å²) in [7, 11) is 1.91. The highest BCUT2D eigenvalue weighted by Crippen LogP contribution is 2.22. The first-order valence-electron chi connectivity index (χ1n) is 5.46. The van der Waals surface area contributed by atoms with Crippen molar-refractivity contribution in [1.82, 2.24) is 14.5 Å². The van der Waals surface area contributed by atoms with E-state index in [4.69, 9.17) is 5.11 Å². The number of carbonyl (C=O) groups is 1. The summed E-state index contributed by atoms with van der Waals surface area (Å²) in [5.74, 6) is 0.00921. The number of carboxylic acids is 1. The molecular weight excluding hydrogens is 218 g/mol. The molecule has 5 heteroatoms. The number of hydrogen-bond donors (Lipinski definition) is 2. The molecule has 0 fully saturated rings. The van der Waals surface area contributed by atoms with Gasteiger partial charge in [0.05, 0.1) is 12.1 Å². The Kier molecular flexibility index (Phi) is 2.99. The minimum atomic E-state index is -0.797. The molecule has 2 heterocycles. The van der Waals surface area contributed by atoms with Crippen molar-refractivity contribution < 1.29 is 9.90 Å². The highest BCUT2D eigenvalue weighted by molar-refractivity contribution is 5.67. The van der Waals surface area contributed by atoms with Gasteiger partial charge in [0.15, 0.2) is 0 Å². The zero-order valence-electron chi connectivity index (χ0n) is 9.90. The van der Waals surface area contributed by atoms with E-state index in [1.165, 1.54) is 0 Å². The Morgan fingerprint density at radius 3 is 2.94 bits per heavy atom. The van der Waals surface area contributed by atoms with Crippen molar-refractivity contribution >= 4 is 5.97 Å². The van der Waals surface area contributed by atoms with Crippen molar-refractivity contribution in [3.63, 3.8) is 0 Å². The molecule has 5 nitrogen and oxygen atoms in total. The molecule has 2 N–H and O–H groups in total. The lowest BCUT2D eigenvalue weighted by molar-refractivity contribution is -0.137. The second kappa shape index (κ2) is 4.45. The number of H-pyrrole nitrogens is 1. The first kappa shape index (κ1) is 11.4. The van der Waals surface area contributed by atoms with E-state index in [2.05, 4.69) is 9.97 Å². The van der Waals surface area contributed by atoms with Gasteiger partial charge in [0, 0.05) is 37.1 Å². The lowest BCUT2D eigenvalue weighted by Crippen LogP contribution is -2.03. The summed E-state index contributed by atoms with van der Waals surface area (Å²) in [5, 5.41) is 8.68. The molecule has 0 bridgehead atoms. The van der Waals surface area contributed by atoms with Gasteiger partial charge in [0.2, 0.25) is 0 Å². The number of aliphatic carboxylic acids is 1. The first-order valence-corrected chi connectivity index (χ1v) is 5.46. The van der Waals surface area contributed by atoms with Crippen LogP contribution in [0.3, 0.4) is 0 Å². The Bertz CT molecular complexity index is 526. The van der Waals surface area contributed by atoms with Crippen LogP contribution in [0.5, 0.6) is 0 Å². The van der Waals surface area contributed by atoms with Gasteiger partial charge in [-0.2, -0.15) is 0 Å². The second-order valence-corrected chi connectivity index (χ2v) is 4.01. The Hall–Kier alpha value is -2.04. The van der Waals surface area contributed by atoms with E-state index in [1.54, 1.807) is 0 Å². The summed E-state index contributed by atoms with van der Waals surface area (Å²) >= 11 is 0. The van der Waals surface area contributed by atoms with Crippen LogP contribution in [0.25, 0.3) is 11.3 Å². The van der Waals surface area contributed by atoms with Crippen LogP contribution in [-0.2, 0) is 18.3 Å². The third-order valence-corrected chi connectivity index (χ3v) is 2.91. The molecule has 90 valence electrons. The predicted molar refractivity (Wildman–Crippen MR) is 63.7 cm³/mol. The maximum absolute atomic E-state index is 10.6. The summed E-state index contributed by atoms with van der Waals surface area (Å²) in [6.07, 6.45) is 4.30. The van der Waals surface area contributed by atoms with Crippen molar-refractivity contribution in [2.45, 2.75) is 19.8 Å². The molecular formula is C12H15N3O2. The van der Waals surface area contributed by atoms with Crippen LogP contribution in [0.2, 0.25) is 0 Å². The number of aromatic nitrogens is 3. The van der Waals surface area contributed by atoms with Crippen molar-refractivity contribution in [1.29, 1.82) is 0 Å². The number of hydrogen-bond acceptors (Lipinski definition) is 2. The summed E-state index contributed by atoms with van der Waals surface area (Å²) < 4.78 is 1.95. The fraction of sp³-hybridized carbons (Fsp3) is 0.333. The number of rotatable bonds is 4. The number of carboxylic acid groups (broad SMARTS) is 1. The maximum atomic E-state index is 10.6. The molecule has 17 heavy (non-hydrogen) atoms. The first-order chi connectivity index (χ1) is 8.09. The monoisotopic (exact) mass is 233 g/mol. The minimum absolute atomic E-state index is 0.108. The SMILES string of the molecule is Cc1c(-c2cc[nH]c2)nc(CCC(=O)O)n1C. The second-order valence-electron chi connectivity index (χ2n) is 4.01. The van der Waals surface area contributed by atoms with Gasteiger partial charge in [-0.05, 0) is 13.0 Å². The van der Waals surface area contributed by atoms with Gasteiger partial charge in [-0.3, -0.25) is 4.79 Å². The molecule has 0 saturated carbocycles. The van der Waals surface area contributed by atoms with Crippen molar-refractivity contribution in [3.05, 3.63) is 30.0 Å². The average Bonchev–Trinajstić information content (AvgIpc) is 2.88. The van der Waals surface area contributed by atoms with Crippen LogP contribution >= 0.6 is 0 Å². The molecule has 2 aromatic heterocycles. The van der Waals surface area contributed by atoms with Gasteiger partial charge >= 0.3 is 5.97 Å². The van der Waals surface area contributed by atoms with Crippen LogP contribution in [0.15, 0.2) is 18.5 Å². The minimum Gasteiger partial charge on any atom is -0.481 e. The Balaban J connectivity index is 2.31. The quantitative estimate of drug-likeness (QED) is 0.845. The Morgan fingerprint density at radius 2 is 2.35 bits per heavy atom. The largest absolute Gasteiger partial charge is 0.481 e. The summed E-state index contributed by atoms with van der Waals surface area (Å²) in [4.78, 5) is 18.1. The summed E-state index contributed by atoms with van der Waals surface area (Å²) in [6, 6.07) is 1.95. The predicted octanol–water partition coefficient (Wildman–Crippen LogP) is 1.74. The molecule has 2 aromatic rings. The Morgan fingerprint density at radius 1 is 1.59 bits per heavy atom. The maximum Gasteiger partial charge on any atom is 0.303 e. The van der Waals surface area contributed by atoms with Gasteiger partial charge in [0.25, 0.3) is 0 Å². The fourth-order valence-corrected chi connectivity index (χ4v) is 1.82. The third-order valence-electron chi connectivity index (χ3n) is 2.91. The molecule has 0 atom stereocenters. The molecule has 0 spiro atoms. The number of nitrogens with zero attached hydrogens (tertiary/aromatic N) is 2. The summed E-state index contributed by atoms with van der Waals surface area (Å²) in [5.41, 5.74) is 2.99. The van der Waals surface area contributed by atoms with Gasteiger partial charge in [-0.15, -0.1) is 0 Å². The zero-order valence-corrected chi connectivity index (χ0v) is 9.90. The smallest absolute Gasteiger partial charge is 0.303 e. The van der Waals surface area contributed by atoms with E-state index in [-0.39, 0.29) is 6.42 Å². The van der Waals surface area contributed by atoms with Crippen LogP contribution in [0, 0.1) is 6.92 Å². The van der Waals surface area contributed by atoms with E-state index < -0.39 is 5.97 Å². The molecule has 0 unspecified atom stereocenters. The molecule has 0 aliphatic heterocycles. The topological polar surface area (TPSA) is 70.9 Å². The van der Waals surface area contributed by atoms with E-state index in [1.807, 2.05) is 37.0 Å². The highest BCUT2D eigenvalue weighted by Gasteiger charge is 2.13. The van der Waals surface area contributed by atoms with E-state index in [9.17, 15) is 4.79 Å². The fourth-order valence-electron chi connectivity index (χ4n) is 1.82. The van der Waals surface area contributed by atoms with Gasteiger partial charge in [-0.25, -0.2) is 4.98 Å². The standard InChI is InChI=1S/C12H15N3O2/c1-8-12(9-5-6-13-7-9)14-10(15(8)2)3-4-11(16)17/h5-7,13H,3-4H2,1-2H3,(H,16,17). The molecule has 0 aliphatic rings. The normalized spacial score (nSPS) is 10.7. The highest BCUT2D eigenvalue weighted by atomic mass is 16.4. The lowest BCUT2D eigenvalue weighted by atomic mass is 10.2. The number of imidazole rings is 1. The lowest BCUT2D eigenvalue weighted by Gasteiger charge is -2.00. The van der Waals surface area contributed by atoms with Crippen LogP contribution in [0.1, 0.15) is 17.9 Å². The van der Waals surface area contributed by atoms with Crippen molar-refractivity contribution in [2.24, 2.45) is 7.05 Å². The molecule has 0 radical (unpaired) electrons. The Labute approximate surface area is 99.1 Å². The van der Waals surface area contributed by atoms with Crippen molar-refractivity contribution in [3.8, 4) is 11.3 Å². The summed E-state index contributed by atoms with van der Waals surface area (Å²) in [6.45, 7) is 1.99. The molecule has 0 saturated heterocycles. The number of aromatic amines is 1. The van der Waals surface area contributed by atoms with Crippen LogP contribution < -0.4 is 0 Å².